The first kappa shape index (κ1) is 13.0. The van der Waals surface area contributed by atoms with Gasteiger partial charge in [-0.3, -0.25) is 9.59 Å². The number of hydrogen-bond donors (Lipinski definition) is 2. The Hall–Kier alpha value is -2.11. The molecule has 6 heteroatoms. The predicted molar refractivity (Wildman–Crippen MR) is 60.6 cm³/mol. The number of aromatic amines is 1. The van der Waals surface area contributed by atoms with E-state index in [2.05, 4.69) is 15.0 Å². The number of hydrogen-bond acceptors (Lipinski definition) is 4. The van der Waals surface area contributed by atoms with Crippen molar-refractivity contribution in [3.8, 4) is 0 Å². The van der Waals surface area contributed by atoms with Crippen LogP contribution in [0.5, 0.6) is 0 Å². The number of esters is 1. The van der Waals surface area contributed by atoms with Gasteiger partial charge in [-0.25, -0.2) is 4.79 Å². The fourth-order valence-corrected chi connectivity index (χ4v) is 1.25. The highest BCUT2D eigenvalue weighted by atomic mass is 16.5. The van der Waals surface area contributed by atoms with Gasteiger partial charge in [0.05, 0.1) is 7.11 Å². The van der Waals surface area contributed by atoms with Crippen molar-refractivity contribution < 1.29 is 14.3 Å². The van der Waals surface area contributed by atoms with E-state index in [4.69, 9.17) is 0 Å². The number of carbonyl (C=O) groups is 2. The maximum Gasteiger partial charge on any atom is 0.330 e. The first-order valence-electron chi connectivity index (χ1n) is 4.96. The monoisotopic (exact) mass is 238 g/mol. The third-order valence-electron chi connectivity index (χ3n) is 2.19. The lowest BCUT2D eigenvalue weighted by molar-refractivity contribution is -0.146. The van der Waals surface area contributed by atoms with E-state index in [1.165, 1.54) is 39.4 Å². The summed E-state index contributed by atoms with van der Waals surface area (Å²) in [6.45, 7) is 2.99. The topological polar surface area (TPSA) is 88.3 Å². The fourth-order valence-electron chi connectivity index (χ4n) is 1.25. The van der Waals surface area contributed by atoms with Gasteiger partial charge in [-0.2, -0.15) is 0 Å². The maximum atomic E-state index is 11.8. The molecule has 0 spiro atoms. The van der Waals surface area contributed by atoms with Gasteiger partial charge >= 0.3 is 5.97 Å². The van der Waals surface area contributed by atoms with Crippen molar-refractivity contribution in [1.82, 2.24) is 10.3 Å². The number of aromatic nitrogens is 1. The van der Waals surface area contributed by atoms with Crippen LogP contribution in [0.4, 0.5) is 0 Å². The number of rotatable bonds is 3. The number of amides is 1. The van der Waals surface area contributed by atoms with Crippen LogP contribution in [0, 0.1) is 0 Å². The summed E-state index contributed by atoms with van der Waals surface area (Å²) in [5.41, 5.74) is -1.65. The molecule has 0 saturated heterocycles. The van der Waals surface area contributed by atoms with E-state index in [-0.39, 0.29) is 5.56 Å². The van der Waals surface area contributed by atoms with E-state index < -0.39 is 22.8 Å². The van der Waals surface area contributed by atoms with Crippen LogP contribution in [0.2, 0.25) is 0 Å². The van der Waals surface area contributed by atoms with Gasteiger partial charge in [0.1, 0.15) is 11.1 Å². The quantitative estimate of drug-likeness (QED) is 0.728. The second-order valence-corrected chi connectivity index (χ2v) is 3.99. The number of carbonyl (C=O) groups excluding carboxylic acids is 2. The minimum atomic E-state index is -1.19. The molecule has 0 bridgehead atoms. The Morgan fingerprint density at radius 1 is 1.41 bits per heavy atom. The van der Waals surface area contributed by atoms with E-state index >= 15 is 0 Å². The molecule has 1 aromatic heterocycles. The van der Waals surface area contributed by atoms with E-state index in [1.54, 1.807) is 0 Å². The molecule has 0 radical (unpaired) electrons. The molecule has 1 aromatic rings. The normalized spacial score (nSPS) is 10.8. The Labute approximate surface area is 98.0 Å². The average Bonchev–Trinajstić information content (AvgIpc) is 2.27. The summed E-state index contributed by atoms with van der Waals surface area (Å²) in [4.78, 5) is 37.1. The Balaban J connectivity index is 2.91. The summed E-state index contributed by atoms with van der Waals surface area (Å²) < 4.78 is 4.54. The molecule has 0 unspecified atom stereocenters. The molecule has 17 heavy (non-hydrogen) atoms. The molecule has 6 nitrogen and oxygen atoms in total. The lowest BCUT2D eigenvalue weighted by Crippen LogP contribution is -2.51. The van der Waals surface area contributed by atoms with Crippen molar-refractivity contribution in [2.45, 2.75) is 19.4 Å². The van der Waals surface area contributed by atoms with E-state index in [0.29, 0.717) is 0 Å². The maximum absolute atomic E-state index is 11.8. The summed E-state index contributed by atoms with van der Waals surface area (Å²) in [6.07, 6.45) is 2.70. The number of ether oxygens (including phenoxy) is 1. The number of pyridine rings is 1. The molecule has 0 atom stereocenters. The van der Waals surface area contributed by atoms with Crippen LogP contribution in [-0.2, 0) is 9.53 Å². The van der Waals surface area contributed by atoms with Crippen molar-refractivity contribution in [1.29, 1.82) is 0 Å². The van der Waals surface area contributed by atoms with Gasteiger partial charge in [-0.15, -0.1) is 0 Å². The van der Waals surface area contributed by atoms with E-state index in [9.17, 15) is 14.4 Å². The molecule has 92 valence electrons. The SMILES string of the molecule is COC(=O)C(C)(C)NC(=O)c1c[nH]ccc1=O. The summed E-state index contributed by atoms with van der Waals surface area (Å²) in [5.74, 6) is -1.21. The zero-order valence-electron chi connectivity index (χ0n) is 9.87. The van der Waals surface area contributed by atoms with Gasteiger partial charge < -0.3 is 15.0 Å². The first-order valence-corrected chi connectivity index (χ1v) is 4.96. The van der Waals surface area contributed by atoms with Crippen molar-refractivity contribution in [3.05, 3.63) is 34.2 Å². The molecule has 0 aromatic carbocycles. The minimum absolute atomic E-state index is 0.0514. The molecule has 0 fully saturated rings. The molecule has 0 aliphatic carbocycles. The molecule has 1 amide bonds. The molecule has 2 N–H and O–H groups in total. The van der Waals surface area contributed by atoms with Gasteiger partial charge in [0.25, 0.3) is 5.91 Å². The van der Waals surface area contributed by atoms with E-state index in [0.717, 1.165) is 0 Å². The molecule has 0 saturated carbocycles. The number of nitrogens with one attached hydrogen (secondary N) is 2. The Morgan fingerprint density at radius 2 is 2.06 bits per heavy atom. The van der Waals surface area contributed by atoms with Gasteiger partial charge in [0.2, 0.25) is 0 Å². The van der Waals surface area contributed by atoms with Crippen molar-refractivity contribution in [2.24, 2.45) is 0 Å². The summed E-state index contributed by atoms with van der Waals surface area (Å²) in [5, 5.41) is 2.43. The summed E-state index contributed by atoms with van der Waals surface area (Å²) in [7, 11) is 1.23. The second-order valence-electron chi connectivity index (χ2n) is 3.99. The largest absolute Gasteiger partial charge is 0.467 e. The van der Waals surface area contributed by atoms with Crippen LogP contribution < -0.4 is 10.7 Å². The molecule has 0 aliphatic heterocycles. The lowest BCUT2D eigenvalue weighted by atomic mass is 10.1. The molecule has 1 rings (SSSR count). The van der Waals surface area contributed by atoms with Crippen LogP contribution in [0.1, 0.15) is 24.2 Å². The molecular formula is C11H14N2O4. The average molecular weight is 238 g/mol. The summed E-state index contributed by atoms with van der Waals surface area (Å²) >= 11 is 0. The van der Waals surface area contributed by atoms with Crippen molar-refractivity contribution in [3.63, 3.8) is 0 Å². The second kappa shape index (κ2) is 4.82. The van der Waals surface area contributed by atoms with Gasteiger partial charge in [-0.05, 0) is 13.8 Å². The Kier molecular flexibility index (Phi) is 3.67. The Bertz CT molecular complexity index is 490. The van der Waals surface area contributed by atoms with Crippen LogP contribution in [0.15, 0.2) is 23.3 Å². The smallest absolute Gasteiger partial charge is 0.330 e. The molecular weight excluding hydrogens is 224 g/mol. The fraction of sp³-hybridized carbons (Fsp3) is 0.364. The third kappa shape index (κ3) is 2.93. The lowest BCUT2D eigenvalue weighted by Gasteiger charge is -2.22. The van der Waals surface area contributed by atoms with E-state index in [1.807, 2.05) is 0 Å². The molecule has 0 aliphatic rings. The zero-order valence-corrected chi connectivity index (χ0v) is 9.87. The number of methoxy groups -OCH3 is 1. The third-order valence-corrected chi connectivity index (χ3v) is 2.19. The van der Waals surface area contributed by atoms with Gasteiger partial charge in [0, 0.05) is 18.5 Å². The first-order chi connectivity index (χ1) is 7.88. The van der Waals surface area contributed by atoms with Crippen molar-refractivity contribution in [2.75, 3.05) is 7.11 Å². The Morgan fingerprint density at radius 3 is 2.59 bits per heavy atom. The standard InChI is InChI=1S/C11H14N2O4/c1-11(2,10(16)17-3)13-9(15)7-6-12-5-4-8(7)14/h4-6H,1-3H3,(H,12,14)(H,13,15). The van der Waals surface area contributed by atoms with Crippen LogP contribution in [0.3, 0.4) is 0 Å². The minimum Gasteiger partial charge on any atom is -0.467 e. The van der Waals surface area contributed by atoms with Crippen molar-refractivity contribution >= 4 is 11.9 Å². The number of H-pyrrole nitrogens is 1. The van der Waals surface area contributed by atoms with Gasteiger partial charge in [0.15, 0.2) is 5.43 Å². The zero-order chi connectivity index (χ0) is 13.1. The van der Waals surface area contributed by atoms with Gasteiger partial charge in [-0.1, -0.05) is 0 Å². The highest BCUT2D eigenvalue weighted by Gasteiger charge is 2.31. The van der Waals surface area contributed by atoms with Crippen LogP contribution >= 0.6 is 0 Å². The van der Waals surface area contributed by atoms with Crippen LogP contribution in [-0.4, -0.2) is 29.5 Å². The highest BCUT2D eigenvalue weighted by molar-refractivity contribution is 5.97. The summed E-state index contributed by atoms with van der Waals surface area (Å²) in [6, 6.07) is 1.24. The predicted octanol–water partition coefficient (Wildman–Crippen LogP) is 0.0563. The highest BCUT2D eigenvalue weighted by Crippen LogP contribution is 2.05. The molecule has 1 heterocycles. The van der Waals surface area contributed by atoms with Crippen LogP contribution in [0.25, 0.3) is 0 Å².